The number of benzene rings is 2. The van der Waals surface area contributed by atoms with E-state index in [9.17, 15) is 9.59 Å². The molecule has 4 nitrogen and oxygen atoms in total. The van der Waals surface area contributed by atoms with Gasteiger partial charge in [-0.1, -0.05) is 48.5 Å². The topological polar surface area (TPSA) is 49.7 Å². The van der Waals surface area contributed by atoms with E-state index < -0.39 is 5.92 Å². The van der Waals surface area contributed by atoms with Crippen LogP contribution in [0.1, 0.15) is 12.5 Å². The van der Waals surface area contributed by atoms with Crippen molar-refractivity contribution in [2.45, 2.75) is 13.3 Å². The predicted molar refractivity (Wildman–Crippen MR) is 85.7 cm³/mol. The summed E-state index contributed by atoms with van der Waals surface area (Å²) in [5.74, 6) is -1.17. The van der Waals surface area contributed by atoms with Gasteiger partial charge in [0.25, 0.3) is 5.91 Å². The van der Waals surface area contributed by atoms with E-state index in [1.54, 1.807) is 19.1 Å². The molecule has 2 aromatic rings. The number of anilines is 1. The molecular formula is C18H16N2O2. The lowest BCUT2D eigenvalue weighted by molar-refractivity contribution is -0.128. The highest BCUT2D eigenvalue weighted by Crippen LogP contribution is 2.24. The Bertz CT molecular complexity index is 723. The van der Waals surface area contributed by atoms with Crippen LogP contribution in [0.25, 0.3) is 0 Å². The van der Waals surface area contributed by atoms with Gasteiger partial charge in [0, 0.05) is 6.42 Å². The van der Waals surface area contributed by atoms with Crippen LogP contribution >= 0.6 is 0 Å². The van der Waals surface area contributed by atoms with Crippen molar-refractivity contribution in [3.8, 4) is 0 Å². The Kier molecular flexibility index (Phi) is 3.83. The smallest absolute Gasteiger partial charge is 0.263 e. The lowest BCUT2D eigenvalue weighted by atomic mass is 9.94. The standard InChI is InChI=1S/C18H16N2O2/c1-13-17(16(21)12-14-8-4-2-5-9-14)18(22)20(19-13)15-10-6-3-7-11-15/h2-11,17H,12H2,1H3. The van der Waals surface area contributed by atoms with Crippen molar-refractivity contribution in [2.75, 3.05) is 5.01 Å². The van der Waals surface area contributed by atoms with Gasteiger partial charge < -0.3 is 0 Å². The van der Waals surface area contributed by atoms with Crippen LogP contribution in [0.3, 0.4) is 0 Å². The van der Waals surface area contributed by atoms with E-state index in [4.69, 9.17) is 0 Å². The van der Waals surface area contributed by atoms with Crippen LogP contribution in [0.2, 0.25) is 0 Å². The number of rotatable bonds is 4. The lowest BCUT2D eigenvalue weighted by Crippen LogP contribution is -2.33. The number of para-hydroxylation sites is 1. The number of hydrogen-bond acceptors (Lipinski definition) is 3. The molecule has 0 aliphatic carbocycles. The summed E-state index contributed by atoms with van der Waals surface area (Å²) in [6.07, 6.45) is 0.243. The molecule has 1 heterocycles. The number of amides is 1. The molecule has 3 rings (SSSR count). The van der Waals surface area contributed by atoms with Crippen LogP contribution in [-0.4, -0.2) is 17.4 Å². The molecular weight excluding hydrogens is 276 g/mol. The average Bonchev–Trinajstić information content (AvgIpc) is 2.84. The molecule has 0 radical (unpaired) electrons. The first-order chi connectivity index (χ1) is 10.7. The number of Topliss-reactive ketones (excluding diaryl/α,β-unsaturated/α-hetero) is 1. The molecule has 2 aromatic carbocycles. The van der Waals surface area contributed by atoms with Crippen LogP contribution in [0.5, 0.6) is 0 Å². The Balaban J connectivity index is 1.80. The first-order valence-corrected chi connectivity index (χ1v) is 7.17. The maximum atomic E-state index is 12.5. The van der Waals surface area contributed by atoms with Crippen molar-refractivity contribution in [3.63, 3.8) is 0 Å². The van der Waals surface area contributed by atoms with Gasteiger partial charge in [0.15, 0.2) is 5.78 Å². The minimum absolute atomic E-state index is 0.115. The molecule has 0 spiro atoms. The fraction of sp³-hybridized carbons (Fsp3) is 0.167. The van der Waals surface area contributed by atoms with Crippen LogP contribution in [0.4, 0.5) is 5.69 Å². The van der Waals surface area contributed by atoms with Crippen molar-refractivity contribution in [1.82, 2.24) is 0 Å². The number of ketones is 1. The third-order valence-corrected chi connectivity index (χ3v) is 3.68. The Morgan fingerprint density at radius 1 is 1.05 bits per heavy atom. The van der Waals surface area contributed by atoms with Crippen LogP contribution in [0.15, 0.2) is 65.8 Å². The number of nitrogens with zero attached hydrogens (tertiary/aromatic N) is 2. The van der Waals surface area contributed by atoms with Gasteiger partial charge >= 0.3 is 0 Å². The van der Waals surface area contributed by atoms with E-state index in [0.717, 1.165) is 5.56 Å². The minimum Gasteiger partial charge on any atom is -0.298 e. The maximum Gasteiger partial charge on any atom is 0.263 e. The minimum atomic E-state index is -0.777. The quantitative estimate of drug-likeness (QED) is 0.814. The van der Waals surface area contributed by atoms with Gasteiger partial charge in [-0.15, -0.1) is 0 Å². The SMILES string of the molecule is CC1=NN(c2ccccc2)C(=O)C1C(=O)Cc1ccccc1. The highest BCUT2D eigenvalue weighted by molar-refractivity contribution is 6.27. The molecule has 1 unspecified atom stereocenters. The Morgan fingerprint density at radius 2 is 1.64 bits per heavy atom. The van der Waals surface area contributed by atoms with E-state index >= 15 is 0 Å². The first kappa shape index (κ1) is 14.2. The first-order valence-electron chi connectivity index (χ1n) is 7.17. The van der Waals surface area contributed by atoms with E-state index in [2.05, 4.69) is 5.10 Å². The van der Waals surface area contributed by atoms with Crippen molar-refractivity contribution >= 4 is 23.1 Å². The molecule has 0 bridgehead atoms. The molecule has 1 aliphatic rings. The summed E-state index contributed by atoms with van der Waals surface area (Å²) in [5, 5.41) is 5.59. The van der Waals surface area contributed by atoms with Crippen LogP contribution in [-0.2, 0) is 16.0 Å². The Labute approximate surface area is 129 Å². The molecule has 0 aromatic heterocycles. The zero-order valence-corrected chi connectivity index (χ0v) is 12.3. The van der Waals surface area contributed by atoms with Crippen molar-refractivity contribution in [1.29, 1.82) is 0 Å². The molecule has 22 heavy (non-hydrogen) atoms. The molecule has 1 aliphatic heterocycles. The summed E-state index contributed by atoms with van der Waals surface area (Å²) in [5.41, 5.74) is 2.14. The summed E-state index contributed by atoms with van der Waals surface area (Å²) in [6, 6.07) is 18.6. The highest BCUT2D eigenvalue weighted by atomic mass is 16.2. The second-order valence-corrected chi connectivity index (χ2v) is 5.29. The largest absolute Gasteiger partial charge is 0.298 e. The second kappa shape index (κ2) is 5.93. The van der Waals surface area contributed by atoms with E-state index in [-0.39, 0.29) is 18.1 Å². The molecule has 0 fully saturated rings. The number of carbonyl (C=O) groups excluding carboxylic acids is 2. The fourth-order valence-corrected chi connectivity index (χ4v) is 2.59. The summed E-state index contributed by atoms with van der Waals surface area (Å²) >= 11 is 0. The molecule has 1 atom stereocenters. The summed E-state index contributed by atoms with van der Waals surface area (Å²) < 4.78 is 0. The molecule has 0 N–H and O–H groups in total. The molecule has 110 valence electrons. The molecule has 0 saturated heterocycles. The molecule has 4 heteroatoms. The van der Waals surface area contributed by atoms with Crippen LogP contribution < -0.4 is 5.01 Å². The second-order valence-electron chi connectivity index (χ2n) is 5.29. The van der Waals surface area contributed by atoms with Crippen molar-refractivity contribution < 1.29 is 9.59 Å². The van der Waals surface area contributed by atoms with Gasteiger partial charge in [0.1, 0.15) is 5.92 Å². The normalized spacial score (nSPS) is 17.5. The van der Waals surface area contributed by atoms with Gasteiger partial charge in [-0.3, -0.25) is 9.59 Å². The van der Waals surface area contributed by atoms with Gasteiger partial charge in [0.2, 0.25) is 0 Å². The van der Waals surface area contributed by atoms with Crippen molar-refractivity contribution in [2.24, 2.45) is 11.0 Å². The third kappa shape index (κ3) is 2.68. The maximum absolute atomic E-state index is 12.5. The van der Waals surface area contributed by atoms with Gasteiger partial charge in [-0.2, -0.15) is 10.1 Å². The fourth-order valence-electron chi connectivity index (χ4n) is 2.59. The molecule has 1 amide bonds. The number of hydrogen-bond donors (Lipinski definition) is 0. The Hall–Kier alpha value is -2.75. The molecule has 0 saturated carbocycles. The van der Waals surface area contributed by atoms with E-state index in [0.29, 0.717) is 11.4 Å². The van der Waals surface area contributed by atoms with Gasteiger partial charge in [-0.05, 0) is 24.6 Å². The van der Waals surface area contributed by atoms with E-state index in [1.807, 2.05) is 48.5 Å². The third-order valence-electron chi connectivity index (χ3n) is 3.68. The van der Waals surface area contributed by atoms with Gasteiger partial charge in [-0.25, -0.2) is 0 Å². The number of hydrazone groups is 1. The summed E-state index contributed by atoms with van der Waals surface area (Å²) in [7, 11) is 0. The zero-order valence-electron chi connectivity index (χ0n) is 12.3. The summed E-state index contributed by atoms with van der Waals surface area (Å²) in [6.45, 7) is 1.73. The Morgan fingerprint density at radius 3 is 2.27 bits per heavy atom. The van der Waals surface area contributed by atoms with Gasteiger partial charge in [0.05, 0.1) is 11.4 Å². The zero-order chi connectivity index (χ0) is 15.5. The monoisotopic (exact) mass is 292 g/mol. The van der Waals surface area contributed by atoms with Crippen LogP contribution in [0, 0.1) is 5.92 Å². The summed E-state index contributed by atoms with van der Waals surface area (Å²) in [4.78, 5) is 25.0. The highest BCUT2D eigenvalue weighted by Gasteiger charge is 2.39. The lowest BCUT2D eigenvalue weighted by Gasteiger charge is -2.13. The van der Waals surface area contributed by atoms with E-state index in [1.165, 1.54) is 5.01 Å². The average molecular weight is 292 g/mol. The van der Waals surface area contributed by atoms with Crippen molar-refractivity contribution in [3.05, 3.63) is 66.2 Å². The predicted octanol–water partition coefficient (Wildman–Crippen LogP) is 2.84. The number of carbonyl (C=O) groups is 2.